The maximum atomic E-state index is 11.9. The van der Waals surface area contributed by atoms with E-state index in [0.29, 0.717) is 11.4 Å². The van der Waals surface area contributed by atoms with Crippen molar-refractivity contribution in [2.75, 3.05) is 6.61 Å². The molecular formula is C21H23ClO3. The first-order valence-electron chi connectivity index (χ1n) is 8.73. The van der Waals surface area contributed by atoms with Gasteiger partial charge in [-0.25, -0.2) is 0 Å². The van der Waals surface area contributed by atoms with Gasteiger partial charge < -0.3 is 9.84 Å². The Bertz CT molecular complexity index is 739. The molecule has 0 amide bonds. The second kappa shape index (κ2) is 8.13. The molecule has 0 bridgehead atoms. The summed E-state index contributed by atoms with van der Waals surface area (Å²) in [4.78, 5) is 11.9. The molecule has 1 fully saturated rings. The monoisotopic (exact) mass is 358 g/mol. The van der Waals surface area contributed by atoms with Crippen molar-refractivity contribution in [1.82, 2.24) is 0 Å². The lowest BCUT2D eigenvalue weighted by Crippen LogP contribution is -2.30. The second-order valence-corrected chi connectivity index (χ2v) is 6.98. The molecular weight excluding hydrogens is 336 g/mol. The predicted octanol–water partition coefficient (Wildman–Crippen LogP) is 4.27. The minimum Gasteiger partial charge on any atom is -0.394 e. The summed E-state index contributed by atoms with van der Waals surface area (Å²) in [6.07, 6.45) is 1.68. The van der Waals surface area contributed by atoms with Crippen LogP contribution >= 0.6 is 11.6 Å². The number of aliphatic hydroxyl groups excluding tert-OH is 1. The number of hydrogen-bond acceptors (Lipinski definition) is 3. The molecule has 132 valence electrons. The topological polar surface area (TPSA) is 46.5 Å². The Morgan fingerprint density at radius 1 is 1.12 bits per heavy atom. The molecule has 0 aliphatic carbocycles. The number of ketones is 1. The van der Waals surface area contributed by atoms with Gasteiger partial charge in [0, 0.05) is 17.9 Å². The number of Topliss-reactive ketones (excluding diaryl/α,β-unsaturated/α-hetero) is 1. The Morgan fingerprint density at radius 2 is 1.84 bits per heavy atom. The fourth-order valence-corrected chi connectivity index (χ4v) is 3.40. The third-order valence-corrected chi connectivity index (χ3v) is 5.06. The third-order valence-electron chi connectivity index (χ3n) is 4.70. The molecule has 0 unspecified atom stereocenters. The van der Waals surface area contributed by atoms with E-state index < -0.39 is 6.10 Å². The van der Waals surface area contributed by atoms with Crippen LogP contribution in [0.2, 0.25) is 5.02 Å². The number of rotatable bonds is 5. The Hall–Kier alpha value is -1.68. The van der Waals surface area contributed by atoms with E-state index in [1.54, 1.807) is 0 Å². The quantitative estimate of drug-likeness (QED) is 0.868. The van der Waals surface area contributed by atoms with Crippen LogP contribution in [0.15, 0.2) is 42.5 Å². The van der Waals surface area contributed by atoms with Crippen LogP contribution < -0.4 is 0 Å². The van der Waals surface area contributed by atoms with E-state index in [1.807, 2.05) is 18.2 Å². The summed E-state index contributed by atoms with van der Waals surface area (Å²) in [6.45, 7) is 2.01. The highest BCUT2D eigenvalue weighted by molar-refractivity contribution is 6.31. The number of halogens is 1. The van der Waals surface area contributed by atoms with Crippen molar-refractivity contribution >= 4 is 17.4 Å². The predicted molar refractivity (Wildman–Crippen MR) is 99.0 cm³/mol. The lowest BCUT2D eigenvalue weighted by molar-refractivity contribution is -0.139. The van der Waals surface area contributed by atoms with Crippen LogP contribution in [-0.2, 0) is 22.4 Å². The zero-order valence-corrected chi connectivity index (χ0v) is 15.1. The average Bonchev–Trinajstić information content (AvgIpc) is 2.63. The molecule has 1 heterocycles. The van der Waals surface area contributed by atoms with E-state index in [9.17, 15) is 9.90 Å². The van der Waals surface area contributed by atoms with E-state index >= 15 is 0 Å². The van der Waals surface area contributed by atoms with Gasteiger partial charge in [-0.2, -0.15) is 0 Å². The Kier molecular flexibility index (Phi) is 5.89. The van der Waals surface area contributed by atoms with Gasteiger partial charge in [-0.1, -0.05) is 54.9 Å². The van der Waals surface area contributed by atoms with E-state index in [4.69, 9.17) is 16.3 Å². The molecule has 0 radical (unpaired) electrons. The lowest BCUT2D eigenvalue weighted by atomic mass is 9.94. The number of carbonyl (C=O) groups excluding carboxylic acids is 1. The Labute approximate surface area is 153 Å². The highest BCUT2D eigenvalue weighted by atomic mass is 35.5. The highest BCUT2D eigenvalue weighted by Crippen LogP contribution is 2.32. The van der Waals surface area contributed by atoms with Crippen molar-refractivity contribution < 1.29 is 14.6 Å². The van der Waals surface area contributed by atoms with Gasteiger partial charge in [0.2, 0.25) is 0 Å². The molecule has 1 aliphatic rings. The van der Waals surface area contributed by atoms with Gasteiger partial charge in [-0.3, -0.25) is 4.79 Å². The summed E-state index contributed by atoms with van der Waals surface area (Å²) < 4.78 is 5.85. The number of hydrogen-bond donors (Lipinski definition) is 1. The van der Waals surface area contributed by atoms with Crippen LogP contribution in [0.5, 0.6) is 0 Å². The number of aryl methyl sites for hydroxylation is 1. The van der Waals surface area contributed by atoms with E-state index in [1.165, 1.54) is 11.1 Å². The smallest absolute Gasteiger partial charge is 0.138 e. The minimum atomic E-state index is -0.410. The molecule has 4 heteroatoms. The van der Waals surface area contributed by atoms with Crippen molar-refractivity contribution in [3.8, 4) is 0 Å². The van der Waals surface area contributed by atoms with Crippen LogP contribution in [0.25, 0.3) is 0 Å². The van der Waals surface area contributed by atoms with Gasteiger partial charge in [0.15, 0.2) is 0 Å². The van der Waals surface area contributed by atoms with Crippen molar-refractivity contribution in [3.05, 3.63) is 69.7 Å². The molecule has 25 heavy (non-hydrogen) atoms. The van der Waals surface area contributed by atoms with Crippen LogP contribution in [0.1, 0.15) is 48.1 Å². The molecule has 1 aliphatic heterocycles. The van der Waals surface area contributed by atoms with Gasteiger partial charge in [-0.05, 0) is 41.2 Å². The largest absolute Gasteiger partial charge is 0.394 e. The summed E-state index contributed by atoms with van der Waals surface area (Å²) in [5.41, 5.74) is 4.47. The summed E-state index contributed by atoms with van der Waals surface area (Å²) in [7, 11) is 0. The van der Waals surface area contributed by atoms with Crippen LogP contribution in [0.4, 0.5) is 0 Å². The van der Waals surface area contributed by atoms with E-state index in [0.717, 1.165) is 24.0 Å². The van der Waals surface area contributed by atoms with Crippen molar-refractivity contribution in [3.63, 3.8) is 0 Å². The van der Waals surface area contributed by atoms with Crippen molar-refractivity contribution in [2.45, 2.75) is 44.8 Å². The molecule has 1 N–H and O–H groups in total. The first-order chi connectivity index (χ1) is 12.1. The fraction of sp³-hybridized carbons (Fsp3) is 0.381. The molecule has 0 aromatic heterocycles. The van der Waals surface area contributed by atoms with Gasteiger partial charge in [0.25, 0.3) is 0 Å². The highest BCUT2D eigenvalue weighted by Gasteiger charge is 2.28. The number of benzene rings is 2. The molecule has 2 atom stereocenters. The van der Waals surface area contributed by atoms with Crippen LogP contribution in [0.3, 0.4) is 0 Å². The molecule has 3 nitrogen and oxygen atoms in total. The van der Waals surface area contributed by atoms with Gasteiger partial charge in [0.1, 0.15) is 5.78 Å². The van der Waals surface area contributed by atoms with E-state index in [-0.39, 0.29) is 24.9 Å². The third kappa shape index (κ3) is 4.49. The SMILES string of the molecule is CCc1ccc(Cc2cc([C@H]3CC(=O)C[C@@H](CO)O3)ccc2Cl)cc1. The minimum absolute atomic E-state index is 0.127. The standard InChI is InChI=1S/C21H23ClO3/c1-2-14-3-5-15(6-4-14)9-17-10-16(7-8-20(17)22)21-12-18(24)11-19(13-23)25-21/h3-8,10,19,21,23H,2,9,11-13H2,1H3/t19-,21+/m0/s1. The molecule has 2 aromatic rings. The van der Waals surface area contributed by atoms with Gasteiger partial charge in [0.05, 0.1) is 18.8 Å². The summed E-state index contributed by atoms with van der Waals surface area (Å²) in [5, 5.41) is 10.0. The van der Waals surface area contributed by atoms with Crippen molar-refractivity contribution in [1.29, 1.82) is 0 Å². The first-order valence-corrected chi connectivity index (χ1v) is 9.11. The molecule has 3 rings (SSSR count). The molecule has 0 saturated carbocycles. The number of aliphatic hydroxyl groups is 1. The van der Waals surface area contributed by atoms with Crippen LogP contribution in [-0.4, -0.2) is 23.6 Å². The van der Waals surface area contributed by atoms with Crippen molar-refractivity contribution in [2.24, 2.45) is 0 Å². The number of carbonyl (C=O) groups is 1. The average molecular weight is 359 g/mol. The first kappa shape index (κ1) is 18.1. The molecule has 1 saturated heterocycles. The Balaban J connectivity index is 1.81. The van der Waals surface area contributed by atoms with E-state index in [2.05, 4.69) is 31.2 Å². The van der Waals surface area contributed by atoms with Gasteiger partial charge in [-0.15, -0.1) is 0 Å². The van der Waals surface area contributed by atoms with Crippen LogP contribution in [0, 0.1) is 0 Å². The summed E-state index contributed by atoms with van der Waals surface area (Å²) in [5.74, 6) is 0.127. The second-order valence-electron chi connectivity index (χ2n) is 6.57. The lowest BCUT2D eigenvalue weighted by Gasteiger charge is -2.28. The maximum Gasteiger partial charge on any atom is 0.138 e. The normalized spacial score (nSPS) is 20.7. The number of ether oxygens (including phenoxy) is 1. The summed E-state index contributed by atoms with van der Waals surface area (Å²) in [6, 6.07) is 14.3. The molecule has 2 aromatic carbocycles. The fourth-order valence-electron chi connectivity index (χ4n) is 3.22. The van der Waals surface area contributed by atoms with Gasteiger partial charge >= 0.3 is 0 Å². The summed E-state index contributed by atoms with van der Waals surface area (Å²) >= 11 is 6.38. The Morgan fingerprint density at radius 3 is 2.52 bits per heavy atom. The zero-order valence-electron chi connectivity index (χ0n) is 14.4. The maximum absolute atomic E-state index is 11.9. The molecule has 0 spiro atoms. The zero-order chi connectivity index (χ0) is 17.8.